The first kappa shape index (κ1) is 16.5. The lowest BCUT2D eigenvalue weighted by Crippen LogP contribution is -2.19. The predicted octanol–water partition coefficient (Wildman–Crippen LogP) is 3.56. The summed E-state index contributed by atoms with van der Waals surface area (Å²) in [6, 6.07) is 10.5. The van der Waals surface area contributed by atoms with E-state index in [1.165, 1.54) is 22.5 Å². The van der Waals surface area contributed by atoms with Crippen molar-refractivity contribution in [1.82, 2.24) is 24.9 Å². The lowest BCUT2D eigenvalue weighted by atomic mass is 10.1. The fourth-order valence-electron chi connectivity index (χ4n) is 3.03. The van der Waals surface area contributed by atoms with E-state index in [9.17, 15) is 0 Å². The SMILES string of the molecule is CCn1ncc(CN[C@@H](C)c2cnn(-c3ccccc3)c2C)c1C. The summed E-state index contributed by atoms with van der Waals surface area (Å²) in [5, 5.41) is 12.6. The van der Waals surface area contributed by atoms with Crippen LogP contribution in [0.15, 0.2) is 42.7 Å². The molecule has 1 N–H and O–H groups in total. The van der Waals surface area contributed by atoms with Crippen molar-refractivity contribution < 1.29 is 0 Å². The summed E-state index contributed by atoms with van der Waals surface area (Å²) in [5.41, 5.74) is 5.96. The highest BCUT2D eigenvalue weighted by atomic mass is 15.3. The van der Waals surface area contributed by atoms with E-state index in [1.807, 2.05) is 40.0 Å². The average molecular weight is 323 g/mol. The van der Waals surface area contributed by atoms with Crippen LogP contribution in [0.5, 0.6) is 0 Å². The lowest BCUT2D eigenvalue weighted by Gasteiger charge is -2.14. The molecule has 1 atom stereocenters. The second kappa shape index (κ2) is 7.01. The molecule has 0 aliphatic carbocycles. The Bertz CT molecular complexity index is 801. The molecule has 0 aliphatic rings. The molecular weight excluding hydrogens is 298 g/mol. The van der Waals surface area contributed by atoms with Gasteiger partial charge < -0.3 is 5.32 Å². The number of benzene rings is 1. The normalized spacial score (nSPS) is 12.5. The van der Waals surface area contributed by atoms with Crippen LogP contribution in [0.25, 0.3) is 5.69 Å². The maximum atomic E-state index is 4.56. The maximum absolute atomic E-state index is 4.56. The van der Waals surface area contributed by atoms with Gasteiger partial charge in [0.15, 0.2) is 0 Å². The average Bonchev–Trinajstić information content (AvgIpc) is 3.16. The van der Waals surface area contributed by atoms with Gasteiger partial charge in [-0.05, 0) is 39.8 Å². The molecule has 0 saturated heterocycles. The van der Waals surface area contributed by atoms with Gasteiger partial charge in [-0.15, -0.1) is 0 Å². The fourth-order valence-corrected chi connectivity index (χ4v) is 3.03. The minimum Gasteiger partial charge on any atom is -0.306 e. The minimum atomic E-state index is 0.229. The van der Waals surface area contributed by atoms with E-state index in [0.717, 1.165) is 18.8 Å². The number of nitrogens with zero attached hydrogens (tertiary/aromatic N) is 4. The Kier molecular flexibility index (Phi) is 4.81. The predicted molar refractivity (Wildman–Crippen MR) is 96.2 cm³/mol. The summed E-state index contributed by atoms with van der Waals surface area (Å²) in [5.74, 6) is 0. The Morgan fingerprint density at radius 1 is 1.04 bits per heavy atom. The topological polar surface area (TPSA) is 47.7 Å². The lowest BCUT2D eigenvalue weighted by molar-refractivity contribution is 0.568. The standard InChI is InChI=1S/C19H25N5/c1-5-23-15(3)17(12-21-23)11-20-14(2)19-13-22-24(16(19)4)18-9-7-6-8-10-18/h6-10,12-14,20H,5,11H2,1-4H3/t14-/m0/s1. The molecule has 0 fully saturated rings. The van der Waals surface area contributed by atoms with Crippen molar-refractivity contribution in [3.05, 3.63) is 65.2 Å². The van der Waals surface area contributed by atoms with Gasteiger partial charge in [-0.1, -0.05) is 18.2 Å². The van der Waals surface area contributed by atoms with Crippen molar-refractivity contribution >= 4 is 0 Å². The number of hydrogen-bond acceptors (Lipinski definition) is 3. The third-order valence-corrected chi connectivity index (χ3v) is 4.62. The Balaban J connectivity index is 1.73. The van der Waals surface area contributed by atoms with Crippen LogP contribution in [-0.4, -0.2) is 19.6 Å². The smallest absolute Gasteiger partial charge is 0.0648 e. The number of nitrogens with one attached hydrogen (secondary N) is 1. The first-order valence-electron chi connectivity index (χ1n) is 8.46. The van der Waals surface area contributed by atoms with E-state index in [2.05, 4.69) is 55.3 Å². The minimum absolute atomic E-state index is 0.229. The third kappa shape index (κ3) is 3.12. The summed E-state index contributed by atoms with van der Waals surface area (Å²) in [7, 11) is 0. The Morgan fingerprint density at radius 2 is 1.79 bits per heavy atom. The summed E-state index contributed by atoms with van der Waals surface area (Å²) >= 11 is 0. The molecule has 2 heterocycles. The second-order valence-electron chi connectivity index (χ2n) is 6.11. The molecule has 2 aromatic heterocycles. The molecule has 0 spiro atoms. The molecule has 1 aromatic carbocycles. The molecule has 0 saturated carbocycles. The van der Waals surface area contributed by atoms with Gasteiger partial charge in [-0.25, -0.2) is 4.68 Å². The second-order valence-corrected chi connectivity index (χ2v) is 6.11. The van der Waals surface area contributed by atoms with Crippen molar-refractivity contribution in [2.75, 3.05) is 0 Å². The van der Waals surface area contributed by atoms with Gasteiger partial charge in [0, 0.05) is 41.6 Å². The van der Waals surface area contributed by atoms with E-state index in [0.29, 0.717) is 0 Å². The molecule has 0 amide bonds. The molecule has 0 radical (unpaired) electrons. The highest BCUT2D eigenvalue weighted by Gasteiger charge is 2.15. The van der Waals surface area contributed by atoms with E-state index in [4.69, 9.17) is 0 Å². The van der Waals surface area contributed by atoms with E-state index >= 15 is 0 Å². The Morgan fingerprint density at radius 3 is 2.46 bits per heavy atom. The van der Waals surface area contributed by atoms with Gasteiger partial charge in [0.05, 0.1) is 18.1 Å². The van der Waals surface area contributed by atoms with Crippen LogP contribution < -0.4 is 5.32 Å². The van der Waals surface area contributed by atoms with Crippen molar-refractivity contribution in [1.29, 1.82) is 0 Å². The fraction of sp³-hybridized carbons (Fsp3) is 0.368. The molecule has 3 aromatic rings. The van der Waals surface area contributed by atoms with Gasteiger partial charge in [0.1, 0.15) is 0 Å². The Hall–Kier alpha value is -2.40. The van der Waals surface area contributed by atoms with Crippen LogP contribution in [0, 0.1) is 13.8 Å². The van der Waals surface area contributed by atoms with Gasteiger partial charge in [-0.3, -0.25) is 4.68 Å². The first-order chi connectivity index (χ1) is 11.6. The highest BCUT2D eigenvalue weighted by Crippen LogP contribution is 2.20. The van der Waals surface area contributed by atoms with Gasteiger partial charge in [0.25, 0.3) is 0 Å². The Labute approximate surface area is 143 Å². The van der Waals surface area contributed by atoms with Crippen LogP contribution >= 0.6 is 0 Å². The first-order valence-corrected chi connectivity index (χ1v) is 8.46. The summed E-state index contributed by atoms with van der Waals surface area (Å²) in [4.78, 5) is 0. The van der Waals surface area contributed by atoms with Crippen LogP contribution in [0.2, 0.25) is 0 Å². The summed E-state index contributed by atoms with van der Waals surface area (Å²) < 4.78 is 4.02. The quantitative estimate of drug-likeness (QED) is 0.754. The number of rotatable bonds is 6. The number of aryl methyl sites for hydroxylation is 1. The number of aromatic nitrogens is 4. The largest absolute Gasteiger partial charge is 0.306 e. The molecule has 5 heteroatoms. The van der Waals surface area contributed by atoms with Gasteiger partial charge in [-0.2, -0.15) is 10.2 Å². The van der Waals surface area contributed by atoms with Gasteiger partial charge in [0.2, 0.25) is 0 Å². The van der Waals surface area contributed by atoms with Crippen LogP contribution in [-0.2, 0) is 13.1 Å². The number of para-hydroxylation sites is 1. The number of hydrogen-bond donors (Lipinski definition) is 1. The zero-order valence-electron chi connectivity index (χ0n) is 14.8. The third-order valence-electron chi connectivity index (χ3n) is 4.62. The van der Waals surface area contributed by atoms with Crippen molar-refractivity contribution in [2.45, 2.75) is 46.8 Å². The van der Waals surface area contributed by atoms with Crippen molar-refractivity contribution in [3.8, 4) is 5.69 Å². The molecule has 24 heavy (non-hydrogen) atoms. The zero-order chi connectivity index (χ0) is 17.1. The highest BCUT2D eigenvalue weighted by molar-refractivity contribution is 5.35. The molecule has 126 valence electrons. The van der Waals surface area contributed by atoms with E-state index in [1.54, 1.807) is 0 Å². The van der Waals surface area contributed by atoms with E-state index in [-0.39, 0.29) is 6.04 Å². The zero-order valence-corrected chi connectivity index (χ0v) is 14.8. The van der Waals surface area contributed by atoms with Crippen molar-refractivity contribution in [2.24, 2.45) is 0 Å². The molecule has 5 nitrogen and oxygen atoms in total. The van der Waals surface area contributed by atoms with Crippen LogP contribution in [0.1, 0.15) is 42.4 Å². The van der Waals surface area contributed by atoms with Crippen LogP contribution in [0.4, 0.5) is 0 Å². The molecule has 0 unspecified atom stereocenters. The van der Waals surface area contributed by atoms with Crippen molar-refractivity contribution in [3.63, 3.8) is 0 Å². The molecule has 3 rings (SSSR count). The summed E-state index contributed by atoms with van der Waals surface area (Å²) in [6.07, 6.45) is 3.92. The monoisotopic (exact) mass is 323 g/mol. The summed E-state index contributed by atoms with van der Waals surface area (Å²) in [6.45, 7) is 10.2. The molecule has 0 bridgehead atoms. The maximum Gasteiger partial charge on any atom is 0.0648 e. The van der Waals surface area contributed by atoms with Gasteiger partial charge >= 0.3 is 0 Å². The molecular formula is C19H25N5. The molecule has 0 aliphatic heterocycles. The van der Waals surface area contributed by atoms with E-state index < -0.39 is 0 Å². The van der Waals surface area contributed by atoms with Crippen LogP contribution in [0.3, 0.4) is 0 Å².